The maximum Gasteiger partial charge on any atom is 0.161 e. The number of rotatable bonds is 3. The maximum absolute atomic E-state index is 13.7. The Morgan fingerprint density at radius 3 is 2.48 bits per heavy atom. The highest BCUT2D eigenvalue weighted by molar-refractivity contribution is 5.89. The summed E-state index contributed by atoms with van der Waals surface area (Å²) in [6.07, 6.45) is 2.60. The first kappa shape index (κ1) is 17.7. The Morgan fingerprint density at radius 2 is 1.74 bits per heavy atom. The van der Waals surface area contributed by atoms with Crippen molar-refractivity contribution >= 4 is 16.7 Å². The van der Waals surface area contributed by atoms with Gasteiger partial charge in [-0.15, -0.1) is 0 Å². The van der Waals surface area contributed by atoms with Gasteiger partial charge in [-0.25, -0.2) is 23.1 Å². The standard InChI is InChI=1S/C20H18F3N3O/c21-14-3-1-2-13(8-14)11-20(27)4-6-26(7-5-20)19-15-9-16(22)17(23)10-18(15)24-12-25-19/h1-3,8-10,12,27H,4-7,11H2. The van der Waals surface area contributed by atoms with Gasteiger partial charge in [-0.1, -0.05) is 12.1 Å². The Kier molecular flexibility index (Phi) is 4.47. The lowest BCUT2D eigenvalue weighted by atomic mass is 9.85. The molecule has 2 heterocycles. The molecule has 0 spiro atoms. The normalized spacial score (nSPS) is 16.7. The van der Waals surface area contributed by atoms with Crippen molar-refractivity contribution in [2.75, 3.05) is 18.0 Å². The van der Waals surface area contributed by atoms with Gasteiger partial charge in [-0.2, -0.15) is 0 Å². The molecular formula is C20H18F3N3O. The van der Waals surface area contributed by atoms with Crippen molar-refractivity contribution in [2.45, 2.75) is 24.9 Å². The minimum absolute atomic E-state index is 0.324. The molecule has 27 heavy (non-hydrogen) atoms. The van der Waals surface area contributed by atoms with E-state index in [0.717, 1.165) is 17.7 Å². The molecule has 1 aliphatic rings. The first-order valence-corrected chi connectivity index (χ1v) is 8.75. The molecule has 3 aromatic rings. The van der Waals surface area contributed by atoms with Crippen LogP contribution in [0.25, 0.3) is 10.9 Å². The van der Waals surface area contributed by atoms with Crippen molar-refractivity contribution in [2.24, 2.45) is 0 Å². The molecule has 0 bridgehead atoms. The molecule has 0 amide bonds. The SMILES string of the molecule is OC1(Cc2cccc(F)c2)CCN(c2ncnc3cc(F)c(F)cc23)CC1. The third-order valence-corrected chi connectivity index (χ3v) is 5.07. The molecule has 1 aliphatic heterocycles. The smallest absolute Gasteiger partial charge is 0.161 e. The molecular weight excluding hydrogens is 355 g/mol. The number of hydrogen-bond acceptors (Lipinski definition) is 4. The fourth-order valence-corrected chi connectivity index (χ4v) is 3.63. The van der Waals surface area contributed by atoms with Crippen LogP contribution in [0.5, 0.6) is 0 Å². The molecule has 1 fully saturated rings. The second-order valence-electron chi connectivity index (χ2n) is 7.00. The lowest BCUT2D eigenvalue weighted by Gasteiger charge is -2.39. The van der Waals surface area contributed by atoms with Gasteiger partial charge in [0.25, 0.3) is 0 Å². The van der Waals surface area contributed by atoms with Crippen LogP contribution in [-0.4, -0.2) is 33.8 Å². The lowest BCUT2D eigenvalue weighted by molar-refractivity contribution is 0.0164. The van der Waals surface area contributed by atoms with Crippen molar-refractivity contribution < 1.29 is 18.3 Å². The molecule has 1 aromatic heterocycles. The molecule has 2 aromatic carbocycles. The molecule has 4 rings (SSSR count). The number of aliphatic hydroxyl groups is 1. The van der Waals surface area contributed by atoms with Crippen molar-refractivity contribution in [1.82, 2.24) is 9.97 Å². The number of benzene rings is 2. The van der Waals surface area contributed by atoms with Crippen LogP contribution in [0.2, 0.25) is 0 Å². The number of fused-ring (bicyclic) bond motifs is 1. The van der Waals surface area contributed by atoms with Gasteiger partial charge in [0.05, 0.1) is 11.1 Å². The zero-order valence-electron chi connectivity index (χ0n) is 14.5. The largest absolute Gasteiger partial charge is 0.389 e. The summed E-state index contributed by atoms with van der Waals surface area (Å²) < 4.78 is 40.5. The van der Waals surface area contributed by atoms with E-state index in [-0.39, 0.29) is 5.82 Å². The summed E-state index contributed by atoms with van der Waals surface area (Å²) in [7, 11) is 0. The zero-order valence-corrected chi connectivity index (χ0v) is 14.5. The highest BCUT2D eigenvalue weighted by atomic mass is 19.2. The second kappa shape index (κ2) is 6.81. The van der Waals surface area contributed by atoms with Crippen molar-refractivity contribution in [3.63, 3.8) is 0 Å². The van der Waals surface area contributed by atoms with E-state index in [1.54, 1.807) is 12.1 Å². The second-order valence-corrected chi connectivity index (χ2v) is 7.00. The lowest BCUT2D eigenvalue weighted by Crippen LogP contribution is -2.46. The Labute approximate surface area is 154 Å². The monoisotopic (exact) mass is 373 g/mol. The molecule has 0 aliphatic carbocycles. The van der Waals surface area contributed by atoms with Gasteiger partial charge in [0.1, 0.15) is 18.0 Å². The fraction of sp³-hybridized carbons (Fsp3) is 0.300. The maximum atomic E-state index is 13.7. The Morgan fingerprint density at radius 1 is 1.00 bits per heavy atom. The van der Waals surface area contributed by atoms with Crippen molar-refractivity contribution in [3.8, 4) is 0 Å². The summed E-state index contributed by atoms with van der Waals surface area (Å²) in [5.41, 5.74) is 0.139. The van der Waals surface area contributed by atoms with E-state index in [4.69, 9.17) is 0 Å². The number of hydrogen-bond donors (Lipinski definition) is 1. The van der Waals surface area contributed by atoms with Gasteiger partial charge in [0, 0.05) is 31.0 Å². The van der Waals surface area contributed by atoms with Crippen LogP contribution >= 0.6 is 0 Å². The molecule has 1 N–H and O–H groups in total. The molecule has 0 radical (unpaired) electrons. The molecule has 0 unspecified atom stereocenters. The van der Waals surface area contributed by atoms with Crippen LogP contribution in [0.15, 0.2) is 42.7 Å². The van der Waals surface area contributed by atoms with Crippen LogP contribution in [0.4, 0.5) is 19.0 Å². The Bertz CT molecular complexity index is 987. The summed E-state index contributed by atoms with van der Waals surface area (Å²) in [6.45, 7) is 0.994. The predicted molar refractivity (Wildman–Crippen MR) is 96.0 cm³/mol. The van der Waals surface area contributed by atoms with Crippen molar-refractivity contribution in [3.05, 3.63) is 65.7 Å². The average molecular weight is 373 g/mol. The number of aromatic nitrogens is 2. The quantitative estimate of drug-likeness (QED) is 0.762. The van der Waals surface area contributed by atoms with Crippen molar-refractivity contribution in [1.29, 1.82) is 0 Å². The first-order valence-electron chi connectivity index (χ1n) is 8.75. The van der Waals surface area contributed by atoms with E-state index >= 15 is 0 Å². The Hall–Kier alpha value is -2.67. The number of anilines is 1. The van der Waals surface area contributed by atoms with E-state index in [1.165, 1.54) is 18.5 Å². The number of halogens is 3. The highest BCUT2D eigenvalue weighted by Gasteiger charge is 2.33. The molecule has 0 atom stereocenters. The molecule has 4 nitrogen and oxygen atoms in total. The van der Waals surface area contributed by atoms with E-state index < -0.39 is 17.2 Å². The third-order valence-electron chi connectivity index (χ3n) is 5.07. The van der Waals surface area contributed by atoms with Gasteiger partial charge >= 0.3 is 0 Å². The minimum atomic E-state index is -0.949. The van der Waals surface area contributed by atoms with E-state index in [1.807, 2.05) is 4.90 Å². The highest BCUT2D eigenvalue weighted by Crippen LogP contribution is 2.32. The third kappa shape index (κ3) is 3.60. The molecule has 7 heteroatoms. The van der Waals surface area contributed by atoms with Crippen LogP contribution in [0.3, 0.4) is 0 Å². The van der Waals surface area contributed by atoms with Gasteiger partial charge in [0.2, 0.25) is 0 Å². The van der Waals surface area contributed by atoms with E-state index in [0.29, 0.717) is 49.1 Å². The van der Waals surface area contributed by atoms with E-state index in [9.17, 15) is 18.3 Å². The van der Waals surface area contributed by atoms with Crippen LogP contribution < -0.4 is 4.90 Å². The average Bonchev–Trinajstić information content (AvgIpc) is 2.63. The van der Waals surface area contributed by atoms with E-state index in [2.05, 4.69) is 9.97 Å². The summed E-state index contributed by atoms with van der Waals surface area (Å²) in [4.78, 5) is 10.2. The summed E-state index contributed by atoms with van der Waals surface area (Å²) >= 11 is 0. The number of nitrogens with zero attached hydrogens (tertiary/aromatic N) is 3. The molecule has 0 saturated carbocycles. The van der Waals surface area contributed by atoms with Crippen LogP contribution in [0, 0.1) is 17.5 Å². The van der Waals surface area contributed by atoms with Gasteiger partial charge < -0.3 is 10.0 Å². The molecule has 1 saturated heterocycles. The van der Waals surface area contributed by atoms with Gasteiger partial charge in [-0.3, -0.25) is 0 Å². The summed E-state index contributed by atoms with van der Waals surface area (Å²) in [5.74, 6) is -1.70. The first-order chi connectivity index (χ1) is 12.9. The van der Waals surface area contributed by atoms with Gasteiger partial charge in [-0.05, 0) is 36.6 Å². The zero-order chi connectivity index (χ0) is 19.0. The summed E-state index contributed by atoms with van der Waals surface area (Å²) in [6, 6.07) is 8.39. The minimum Gasteiger partial charge on any atom is -0.389 e. The summed E-state index contributed by atoms with van der Waals surface area (Å²) in [5, 5.41) is 11.3. The predicted octanol–water partition coefficient (Wildman–Crippen LogP) is 3.62. The van der Waals surface area contributed by atoms with Crippen LogP contribution in [-0.2, 0) is 6.42 Å². The molecule has 140 valence electrons. The topological polar surface area (TPSA) is 49.2 Å². The van der Waals surface area contributed by atoms with Gasteiger partial charge in [0.15, 0.2) is 11.6 Å². The number of piperidine rings is 1. The fourth-order valence-electron chi connectivity index (χ4n) is 3.63. The van der Waals surface area contributed by atoms with Crippen LogP contribution in [0.1, 0.15) is 18.4 Å². The Balaban J connectivity index is 1.54.